The zero-order valence-electron chi connectivity index (χ0n) is 9.91. The standard InChI is InChI=1S/C11H13Cl2N3OS/c1-6(10(14)18)16(2)11(17)15-7-3-4-8(12)9(13)5-7/h3-6H,1-2H3,(H2,14,18)(H,15,17). The zero-order valence-corrected chi connectivity index (χ0v) is 12.2. The van der Waals surface area contributed by atoms with E-state index in [1.807, 2.05) is 0 Å². The zero-order chi connectivity index (χ0) is 13.9. The molecule has 0 heterocycles. The van der Waals surface area contributed by atoms with E-state index in [9.17, 15) is 4.79 Å². The van der Waals surface area contributed by atoms with E-state index in [1.54, 1.807) is 32.2 Å². The SMILES string of the molecule is CC(C(N)=S)N(C)C(=O)Nc1ccc(Cl)c(Cl)c1. The predicted molar refractivity (Wildman–Crippen MR) is 79.5 cm³/mol. The lowest BCUT2D eigenvalue weighted by Crippen LogP contribution is -2.44. The number of rotatable bonds is 3. The molecule has 0 fully saturated rings. The van der Waals surface area contributed by atoms with Gasteiger partial charge in [0.05, 0.1) is 21.1 Å². The Hall–Kier alpha value is -1.04. The first-order valence-electron chi connectivity index (χ1n) is 5.11. The van der Waals surface area contributed by atoms with Gasteiger partial charge in [-0.25, -0.2) is 4.79 Å². The molecule has 0 radical (unpaired) electrons. The molecular formula is C11H13Cl2N3OS. The summed E-state index contributed by atoms with van der Waals surface area (Å²) in [5.41, 5.74) is 6.04. The maximum Gasteiger partial charge on any atom is 0.322 e. The average molecular weight is 306 g/mol. The molecule has 0 aliphatic heterocycles. The van der Waals surface area contributed by atoms with Gasteiger partial charge in [-0.2, -0.15) is 0 Å². The van der Waals surface area contributed by atoms with Crippen LogP contribution in [0.5, 0.6) is 0 Å². The molecule has 18 heavy (non-hydrogen) atoms. The molecule has 0 aromatic heterocycles. The van der Waals surface area contributed by atoms with Crippen molar-refractivity contribution in [3.8, 4) is 0 Å². The van der Waals surface area contributed by atoms with Gasteiger partial charge in [0.1, 0.15) is 0 Å². The molecule has 2 amide bonds. The van der Waals surface area contributed by atoms with Crippen molar-refractivity contribution < 1.29 is 4.79 Å². The van der Waals surface area contributed by atoms with E-state index in [0.717, 1.165) is 0 Å². The Morgan fingerprint density at radius 1 is 1.44 bits per heavy atom. The van der Waals surface area contributed by atoms with Crippen molar-refractivity contribution >= 4 is 52.1 Å². The third-order valence-electron chi connectivity index (χ3n) is 2.48. The number of anilines is 1. The van der Waals surface area contributed by atoms with Crippen LogP contribution in [0.15, 0.2) is 18.2 Å². The number of likely N-dealkylation sites (N-methyl/N-ethyl adjacent to an activating group) is 1. The number of thiocarbonyl (C=S) groups is 1. The van der Waals surface area contributed by atoms with Crippen molar-refractivity contribution in [3.63, 3.8) is 0 Å². The van der Waals surface area contributed by atoms with Gasteiger partial charge in [0.2, 0.25) is 0 Å². The molecule has 3 N–H and O–H groups in total. The highest BCUT2D eigenvalue weighted by atomic mass is 35.5. The van der Waals surface area contributed by atoms with Gasteiger partial charge in [0.25, 0.3) is 0 Å². The van der Waals surface area contributed by atoms with Crippen molar-refractivity contribution in [2.45, 2.75) is 13.0 Å². The number of halogens is 2. The second kappa shape index (κ2) is 6.22. The fraction of sp³-hybridized carbons (Fsp3) is 0.273. The molecule has 1 aromatic carbocycles. The number of nitrogens with two attached hydrogens (primary N) is 1. The van der Waals surface area contributed by atoms with E-state index in [1.165, 1.54) is 4.90 Å². The first kappa shape index (κ1) is 15.0. The first-order chi connectivity index (χ1) is 8.32. The van der Waals surface area contributed by atoms with Gasteiger partial charge in [-0.15, -0.1) is 0 Å². The second-order valence-corrected chi connectivity index (χ2v) is 5.03. The molecule has 0 aliphatic rings. The quantitative estimate of drug-likeness (QED) is 0.844. The van der Waals surface area contributed by atoms with Gasteiger partial charge >= 0.3 is 6.03 Å². The van der Waals surface area contributed by atoms with Crippen molar-refractivity contribution in [1.29, 1.82) is 0 Å². The van der Waals surface area contributed by atoms with E-state index in [4.69, 9.17) is 41.2 Å². The number of hydrogen-bond donors (Lipinski definition) is 2. The number of benzene rings is 1. The van der Waals surface area contributed by atoms with Crippen LogP contribution >= 0.6 is 35.4 Å². The number of hydrogen-bond acceptors (Lipinski definition) is 2. The van der Waals surface area contributed by atoms with E-state index in [-0.39, 0.29) is 17.1 Å². The van der Waals surface area contributed by atoms with E-state index < -0.39 is 0 Å². The van der Waals surface area contributed by atoms with Crippen LogP contribution in [0.1, 0.15) is 6.92 Å². The lowest BCUT2D eigenvalue weighted by molar-refractivity contribution is 0.218. The van der Waals surface area contributed by atoms with Crippen LogP contribution < -0.4 is 11.1 Å². The Kier molecular flexibility index (Phi) is 5.19. The van der Waals surface area contributed by atoms with Gasteiger partial charge in [0.15, 0.2) is 0 Å². The molecule has 1 aromatic rings. The van der Waals surface area contributed by atoms with Crippen LogP contribution in [0, 0.1) is 0 Å². The van der Waals surface area contributed by atoms with Crippen molar-refractivity contribution in [2.24, 2.45) is 5.73 Å². The van der Waals surface area contributed by atoms with Crippen LogP contribution in [0.3, 0.4) is 0 Å². The molecule has 0 saturated carbocycles. The largest absolute Gasteiger partial charge is 0.392 e. The van der Waals surface area contributed by atoms with E-state index >= 15 is 0 Å². The van der Waals surface area contributed by atoms with Crippen molar-refractivity contribution in [1.82, 2.24) is 4.90 Å². The molecule has 0 bridgehead atoms. The molecule has 0 aliphatic carbocycles. The Morgan fingerprint density at radius 3 is 2.56 bits per heavy atom. The van der Waals surface area contributed by atoms with Crippen LogP contribution in [-0.2, 0) is 0 Å². The van der Waals surface area contributed by atoms with Gasteiger partial charge < -0.3 is 16.0 Å². The molecular weight excluding hydrogens is 293 g/mol. The number of nitrogens with one attached hydrogen (secondary N) is 1. The maximum absolute atomic E-state index is 11.9. The summed E-state index contributed by atoms with van der Waals surface area (Å²) in [5, 5.41) is 3.48. The highest BCUT2D eigenvalue weighted by molar-refractivity contribution is 7.80. The summed E-state index contributed by atoms with van der Waals surface area (Å²) in [6, 6.07) is 4.18. The van der Waals surface area contributed by atoms with Gasteiger partial charge in [-0.3, -0.25) is 0 Å². The fourth-order valence-electron chi connectivity index (χ4n) is 1.15. The highest BCUT2D eigenvalue weighted by Gasteiger charge is 2.17. The van der Waals surface area contributed by atoms with Crippen LogP contribution in [-0.4, -0.2) is 29.0 Å². The molecule has 4 nitrogen and oxygen atoms in total. The smallest absolute Gasteiger partial charge is 0.322 e. The van der Waals surface area contributed by atoms with Crippen LogP contribution in [0.2, 0.25) is 10.0 Å². The summed E-state index contributed by atoms with van der Waals surface area (Å²) in [6.07, 6.45) is 0. The summed E-state index contributed by atoms with van der Waals surface area (Å²) in [5.74, 6) is 0. The van der Waals surface area contributed by atoms with Crippen LogP contribution in [0.25, 0.3) is 0 Å². The van der Waals surface area contributed by atoms with E-state index in [0.29, 0.717) is 15.7 Å². The van der Waals surface area contributed by atoms with Crippen molar-refractivity contribution in [3.05, 3.63) is 28.2 Å². The molecule has 98 valence electrons. The summed E-state index contributed by atoms with van der Waals surface area (Å²) in [6.45, 7) is 1.75. The second-order valence-electron chi connectivity index (χ2n) is 3.75. The van der Waals surface area contributed by atoms with Crippen molar-refractivity contribution in [2.75, 3.05) is 12.4 Å². The monoisotopic (exact) mass is 305 g/mol. The summed E-state index contributed by atoms with van der Waals surface area (Å²) in [4.78, 5) is 13.5. The summed E-state index contributed by atoms with van der Waals surface area (Å²) >= 11 is 16.5. The number of carbonyl (C=O) groups is 1. The highest BCUT2D eigenvalue weighted by Crippen LogP contribution is 2.25. The third kappa shape index (κ3) is 3.73. The Morgan fingerprint density at radius 2 is 2.06 bits per heavy atom. The topological polar surface area (TPSA) is 58.4 Å². The molecule has 7 heteroatoms. The summed E-state index contributed by atoms with van der Waals surface area (Å²) < 4.78 is 0. The minimum atomic E-state index is -0.331. The van der Waals surface area contributed by atoms with Gasteiger partial charge in [0, 0.05) is 12.7 Å². The molecule has 0 spiro atoms. The molecule has 1 atom stereocenters. The molecule has 1 unspecified atom stereocenters. The lowest BCUT2D eigenvalue weighted by Gasteiger charge is -2.24. The predicted octanol–water partition coefficient (Wildman–Crippen LogP) is 3.13. The van der Waals surface area contributed by atoms with Gasteiger partial charge in [-0.05, 0) is 25.1 Å². The fourth-order valence-corrected chi connectivity index (χ4v) is 1.61. The number of urea groups is 1. The number of amides is 2. The minimum Gasteiger partial charge on any atom is -0.392 e. The summed E-state index contributed by atoms with van der Waals surface area (Å²) in [7, 11) is 1.61. The minimum absolute atomic E-state index is 0.252. The molecule has 1 rings (SSSR count). The third-order valence-corrected chi connectivity index (χ3v) is 3.56. The number of nitrogens with zero attached hydrogens (tertiary/aromatic N) is 1. The first-order valence-corrected chi connectivity index (χ1v) is 6.27. The maximum atomic E-state index is 11.9. The molecule has 0 saturated heterocycles. The lowest BCUT2D eigenvalue weighted by atomic mass is 10.3. The Labute approximate surface area is 121 Å². The normalized spacial score (nSPS) is 11.8. The average Bonchev–Trinajstić information content (AvgIpc) is 2.31. The van der Waals surface area contributed by atoms with E-state index in [2.05, 4.69) is 5.32 Å². The van der Waals surface area contributed by atoms with Gasteiger partial charge in [-0.1, -0.05) is 35.4 Å². The number of carbonyl (C=O) groups excluding carboxylic acids is 1. The Balaban J connectivity index is 2.75. The Bertz CT molecular complexity index is 481. The van der Waals surface area contributed by atoms with Crippen LogP contribution in [0.4, 0.5) is 10.5 Å².